The molecular weight excluding hydrogens is 298 g/mol. The molecule has 7 heteroatoms. The number of rotatable bonds is 2. The number of nitrogens with zero attached hydrogens (tertiary/aromatic N) is 2. The van der Waals surface area contributed by atoms with Crippen LogP contribution < -0.4 is 0 Å². The first-order valence-electron chi connectivity index (χ1n) is 5.82. The van der Waals surface area contributed by atoms with Crippen LogP contribution in [-0.2, 0) is 9.05 Å². The molecule has 0 aliphatic carbocycles. The summed E-state index contributed by atoms with van der Waals surface area (Å²) in [5, 5.41) is 8.54. The Labute approximate surface area is 120 Å². The van der Waals surface area contributed by atoms with E-state index in [0.717, 1.165) is 11.1 Å². The first-order valence-corrected chi connectivity index (χ1v) is 8.13. The van der Waals surface area contributed by atoms with Crippen LogP contribution >= 0.6 is 10.7 Å². The van der Waals surface area contributed by atoms with Crippen LogP contribution in [0.15, 0.2) is 41.6 Å². The highest BCUT2D eigenvalue weighted by molar-refractivity contribution is 8.14. The van der Waals surface area contributed by atoms with Gasteiger partial charge in [0.2, 0.25) is 0 Å². The lowest BCUT2D eigenvalue weighted by Crippen LogP contribution is -1.92. The van der Waals surface area contributed by atoms with Crippen molar-refractivity contribution in [2.45, 2.75) is 11.8 Å². The Balaban J connectivity index is 2.35. The van der Waals surface area contributed by atoms with Crippen molar-refractivity contribution in [3.05, 3.63) is 42.2 Å². The molecule has 1 aromatic carbocycles. The quantitative estimate of drug-likeness (QED) is 0.739. The van der Waals surface area contributed by atoms with E-state index in [-0.39, 0.29) is 4.90 Å². The van der Waals surface area contributed by atoms with Gasteiger partial charge in [0.1, 0.15) is 4.90 Å². The van der Waals surface area contributed by atoms with Crippen LogP contribution in [0.2, 0.25) is 0 Å². The minimum absolute atomic E-state index is 0.0672. The number of H-pyrrole nitrogens is 1. The van der Waals surface area contributed by atoms with E-state index in [2.05, 4.69) is 15.2 Å². The topological polar surface area (TPSA) is 75.7 Å². The number of benzene rings is 1. The van der Waals surface area contributed by atoms with Gasteiger partial charge in [-0.3, -0.25) is 0 Å². The van der Waals surface area contributed by atoms with E-state index in [1.54, 1.807) is 18.3 Å². The molecule has 0 radical (unpaired) electrons. The van der Waals surface area contributed by atoms with Crippen LogP contribution in [0, 0.1) is 6.92 Å². The normalized spacial score (nSPS) is 11.9. The number of hydrogen-bond donors (Lipinski definition) is 1. The lowest BCUT2D eigenvalue weighted by atomic mass is 10.1. The molecule has 5 nitrogen and oxygen atoms in total. The second-order valence-electron chi connectivity index (χ2n) is 4.38. The van der Waals surface area contributed by atoms with Gasteiger partial charge in [0.15, 0.2) is 0 Å². The minimum atomic E-state index is -3.79. The van der Waals surface area contributed by atoms with Gasteiger partial charge in [0, 0.05) is 34.0 Å². The Kier molecular flexibility index (Phi) is 2.99. The fourth-order valence-electron chi connectivity index (χ4n) is 2.19. The van der Waals surface area contributed by atoms with Crippen LogP contribution in [0.5, 0.6) is 0 Å². The van der Waals surface area contributed by atoms with E-state index in [0.29, 0.717) is 16.6 Å². The summed E-state index contributed by atoms with van der Waals surface area (Å²) in [4.78, 5) is 3.02. The summed E-state index contributed by atoms with van der Waals surface area (Å²) in [5.41, 5.74) is 3.13. The summed E-state index contributed by atoms with van der Waals surface area (Å²) in [6.07, 6.45) is 3.00. The molecule has 0 aliphatic rings. The lowest BCUT2D eigenvalue weighted by molar-refractivity contribution is 0.610. The lowest BCUT2D eigenvalue weighted by Gasteiger charge is -2.05. The Morgan fingerprint density at radius 3 is 2.75 bits per heavy atom. The maximum atomic E-state index is 11.5. The van der Waals surface area contributed by atoms with Gasteiger partial charge in [-0.1, -0.05) is 18.2 Å². The monoisotopic (exact) mass is 307 g/mol. The number of fused-ring (bicyclic) bond motifs is 1. The molecular formula is C13H10ClN3O2S. The van der Waals surface area contributed by atoms with Crippen molar-refractivity contribution < 1.29 is 8.42 Å². The summed E-state index contributed by atoms with van der Waals surface area (Å²) < 4.78 is 23.1. The molecule has 0 atom stereocenters. The molecule has 20 heavy (non-hydrogen) atoms. The van der Waals surface area contributed by atoms with E-state index < -0.39 is 9.05 Å². The van der Waals surface area contributed by atoms with Gasteiger partial charge in [-0.25, -0.2) is 8.42 Å². The Morgan fingerprint density at radius 2 is 2.05 bits per heavy atom. The van der Waals surface area contributed by atoms with Gasteiger partial charge in [0.05, 0.1) is 11.2 Å². The van der Waals surface area contributed by atoms with Gasteiger partial charge in [0.25, 0.3) is 9.05 Å². The standard InChI is InChI=1S/C13H10ClN3O2S/c1-8-5-6-16-17-12(8)10-4-2-3-9-11(20(14,18)19)7-15-13(9)10/h2-7,15H,1H3. The Bertz CT molecular complexity index is 903. The third-order valence-corrected chi connectivity index (χ3v) is 4.48. The summed E-state index contributed by atoms with van der Waals surface area (Å²) in [6.45, 7) is 1.92. The molecule has 3 rings (SSSR count). The number of nitrogens with one attached hydrogen (secondary N) is 1. The molecule has 1 N–H and O–H groups in total. The highest BCUT2D eigenvalue weighted by Crippen LogP contribution is 2.32. The van der Waals surface area contributed by atoms with Crippen molar-refractivity contribution in [2.75, 3.05) is 0 Å². The number of hydrogen-bond acceptors (Lipinski definition) is 4. The molecule has 0 saturated heterocycles. The number of halogens is 1. The van der Waals surface area contributed by atoms with Crippen molar-refractivity contribution in [3.63, 3.8) is 0 Å². The molecule has 0 amide bonds. The van der Waals surface area contributed by atoms with Crippen LogP contribution in [0.1, 0.15) is 5.56 Å². The van der Waals surface area contributed by atoms with Crippen LogP contribution in [-0.4, -0.2) is 23.6 Å². The second kappa shape index (κ2) is 4.57. The fourth-order valence-corrected chi connectivity index (χ4v) is 3.20. The molecule has 0 spiro atoms. The first kappa shape index (κ1) is 13.1. The average molecular weight is 308 g/mol. The molecule has 0 fully saturated rings. The second-order valence-corrected chi connectivity index (χ2v) is 6.92. The highest BCUT2D eigenvalue weighted by atomic mass is 35.7. The number of aryl methyl sites for hydroxylation is 1. The largest absolute Gasteiger partial charge is 0.359 e. The van der Waals surface area contributed by atoms with Crippen molar-refractivity contribution in [1.82, 2.24) is 15.2 Å². The van der Waals surface area contributed by atoms with Gasteiger partial charge < -0.3 is 4.98 Å². The van der Waals surface area contributed by atoms with Crippen LogP contribution in [0.25, 0.3) is 22.2 Å². The van der Waals surface area contributed by atoms with E-state index >= 15 is 0 Å². The van der Waals surface area contributed by atoms with Gasteiger partial charge in [-0.2, -0.15) is 10.2 Å². The summed E-state index contributed by atoms with van der Waals surface area (Å²) in [5.74, 6) is 0. The minimum Gasteiger partial charge on any atom is -0.359 e. The third-order valence-electron chi connectivity index (χ3n) is 3.12. The fraction of sp³-hybridized carbons (Fsp3) is 0.0769. The molecule has 2 heterocycles. The molecule has 2 aromatic heterocycles. The van der Waals surface area contributed by atoms with Gasteiger partial charge in [-0.05, 0) is 18.6 Å². The number of para-hydroxylation sites is 1. The maximum absolute atomic E-state index is 11.5. The Hall–Kier alpha value is -1.92. The molecule has 0 unspecified atom stereocenters. The third kappa shape index (κ3) is 2.07. The molecule has 0 saturated carbocycles. The molecule has 0 bridgehead atoms. The smallest absolute Gasteiger partial charge is 0.263 e. The summed E-state index contributed by atoms with van der Waals surface area (Å²) >= 11 is 0. The zero-order valence-corrected chi connectivity index (χ0v) is 12.0. The molecule has 102 valence electrons. The average Bonchev–Trinajstić information content (AvgIpc) is 2.83. The first-order chi connectivity index (χ1) is 9.48. The predicted molar refractivity (Wildman–Crippen MR) is 77.1 cm³/mol. The zero-order chi connectivity index (χ0) is 14.3. The summed E-state index contributed by atoms with van der Waals surface area (Å²) in [6, 6.07) is 7.19. The molecule has 0 aliphatic heterocycles. The van der Waals surface area contributed by atoms with Gasteiger partial charge in [-0.15, -0.1) is 0 Å². The van der Waals surface area contributed by atoms with Crippen LogP contribution in [0.3, 0.4) is 0 Å². The predicted octanol–water partition coefficient (Wildman–Crippen LogP) is 2.86. The Morgan fingerprint density at radius 1 is 1.25 bits per heavy atom. The number of aromatic amines is 1. The van der Waals surface area contributed by atoms with Crippen molar-refractivity contribution in [3.8, 4) is 11.3 Å². The van der Waals surface area contributed by atoms with E-state index in [9.17, 15) is 8.42 Å². The maximum Gasteiger partial charge on any atom is 0.263 e. The van der Waals surface area contributed by atoms with Crippen molar-refractivity contribution in [2.24, 2.45) is 0 Å². The molecule has 3 aromatic rings. The van der Waals surface area contributed by atoms with Gasteiger partial charge >= 0.3 is 0 Å². The van der Waals surface area contributed by atoms with E-state index in [4.69, 9.17) is 10.7 Å². The van der Waals surface area contributed by atoms with Crippen LogP contribution in [0.4, 0.5) is 0 Å². The zero-order valence-electron chi connectivity index (χ0n) is 10.5. The SMILES string of the molecule is Cc1ccnnc1-c1cccc2c(S(=O)(=O)Cl)c[nH]c12. The van der Waals surface area contributed by atoms with Crippen molar-refractivity contribution >= 4 is 30.6 Å². The van der Waals surface area contributed by atoms with E-state index in [1.807, 2.05) is 19.1 Å². The number of aromatic nitrogens is 3. The highest BCUT2D eigenvalue weighted by Gasteiger charge is 2.18. The van der Waals surface area contributed by atoms with Crippen molar-refractivity contribution in [1.29, 1.82) is 0 Å². The summed E-state index contributed by atoms with van der Waals surface area (Å²) in [7, 11) is 1.64. The van der Waals surface area contributed by atoms with E-state index in [1.165, 1.54) is 6.20 Å².